The molecule has 0 aliphatic heterocycles. The Morgan fingerprint density at radius 3 is 2.83 bits per heavy atom. The predicted octanol–water partition coefficient (Wildman–Crippen LogP) is -0.235. The van der Waals surface area contributed by atoms with E-state index in [9.17, 15) is 4.79 Å². The van der Waals surface area contributed by atoms with Gasteiger partial charge in [0.05, 0.1) is 6.20 Å². The van der Waals surface area contributed by atoms with Gasteiger partial charge in [-0.3, -0.25) is 9.48 Å². The van der Waals surface area contributed by atoms with Gasteiger partial charge >= 0.3 is 5.97 Å². The van der Waals surface area contributed by atoms with Crippen molar-refractivity contribution in [3.05, 3.63) is 18.0 Å². The lowest BCUT2D eigenvalue weighted by molar-refractivity contribution is -0.139. The molecule has 5 nitrogen and oxygen atoms in total. The minimum atomic E-state index is -0.898. The number of carboxylic acid groups (broad SMARTS) is 1. The molecule has 1 rings (SSSR count). The second-order valence-electron chi connectivity index (χ2n) is 2.51. The summed E-state index contributed by atoms with van der Waals surface area (Å²) in [5, 5.41) is 15.3. The molecule has 0 saturated carbocycles. The van der Waals surface area contributed by atoms with E-state index >= 15 is 0 Å². The van der Waals surface area contributed by atoms with Crippen molar-refractivity contribution < 1.29 is 9.90 Å². The fraction of sp³-hybridized carbons (Fsp3) is 0.429. The van der Waals surface area contributed by atoms with Crippen LogP contribution in [0.2, 0.25) is 0 Å². The first-order chi connectivity index (χ1) is 5.65. The highest BCUT2D eigenvalue weighted by atomic mass is 16.4. The van der Waals surface area contributed by atoms with Crippen molar-refractivity contribution in [2.45, 2.75) is 6.04 Å². The number of hydrogen-bond donors (Lipinski definition) is 2. The molecular formula is C7H11N3O2. The van der Waals surface area contributed by atoms with Crippen molar-refractivity contribution in [3.63, 3.8) is 0 Å². The Morgan fingerprint density at radius 1 is 1.83 bits per heavy atom. The van der Waals surface area contributed by atoms with Crippen LogP contribution in [0, 0.1) is 0 Å². The molecule has 0 aliphatic carbocycles. The number of aromatic nitrogens is 2. The van der Waals surface area contributed by atoms with Crippen molar-refractivity contribution in [1.82, 2.24) is 15.1 Å². The Kier molecular flexibility index (Phi) is 2.44. The average Bonchev–Trinajstić information content (AvgIpc) is 2.37. The van der Waals surface area contributed by atoms with Gasteiger partial charge in [0.1, 0.15) is 6.04 Å². The summed E-state index contributed by atoms with van der Waals surface area (Å²) in [5.41, 5.74) is 0.660. The summed E-state index contributed by atoms with van der Waals surface area (Å²) in [6.07, 6.45) is 3.21. The Balaban J connectivity index is 2.87. The van der Waals surface area contributed by atoms with Gasteiger partial charge in [0.2, 0.25) is 0 Å². The molecule has 0 aromatic carbocycles. The minimum absolute atomic E-state index is 0.660. The van der Waals surface area contributed by atoms with Crippen LogP contribution in [0.1, 0.15) is 11.6 Å². The number of aliphatic carboxylic acids is 1. The van der Waals surface area contributed by atoms with Crippen molar-refractivity contribution in [1.29, 1.82) is 0 Å². The number of likely N-dealkylation sites (N-methyl/N-ethyl adjacent to an activating group) is 1. The van der Waals surface area contributed by atoms with Crippen LogP contribution in [0.3, 0.4) is 0 Å². The van der Waals surface area contributed by atoms with E-state index in [0.717, 1.165) is 0 Å². The molecule has 1 aromatic rings. The number of nitrogens with one attached hydrogen (secondary N) is 1. The van der Waals surface area contributed by atoms with Crippen molar-refractivity contribution in [2.75, 3.05) is 7.05 Å². The summed E-state index contributed by atoms with van der Waals surface area (Å²) < 4.78 is 1.57. The summed E-state index contributed by atoms with van der Waals surface area (Å²) in [6.45, 7) is 0. The van der Waals surface area contributed by atoms with Crippen LogP contribution in [0.15, 0.2) is 12.4 Å². The van der Waals surface area contributed by atoms with Crippen LogP contribution >= 0.6 is 0 Å². The number of nitrogens with zero attached hydrogens (tertiary/aromatic N) is 2. The molecule has 1 atom stereocenters. The Morgan fingerprint density at radius 2 is 2.50 bits per heavy atom. The van der Waals surface area contributed by atoms with Gasteiger partial charge in [-0.05, 0) is 7.05 Å². The lowest BCUT2D eigenvalue weighted by Gasteiger charge is -2.06. The number of rotatable bonds is 3. The van der Waals surface area contributed by atoms with Gasteiger partial charge in [-0.2, -0.15) is 5.10 Å². The van der Waals surface area contributed by atoms with E-state index in [4.69, 9.17) is 5.11 Å². The summed E-state index contributed by atoms with van der Waals surface area (Å²) in [5.74, 6) is -0.898. The maximum atomic E-state index is 10.6. The van der Waals surface area contributed by atoms with Crippen LogP contribution < -0.4 is 5.32 Å². The van der Waals surface area contributed by atoms with Crippen molar-refractivity contribution >= 4 is 5.97 Å². The minimum Gasteiger partial charge on any atom is -0.480 e. The molecule has 0 spiro atoms. The maximum Gasteiger partial charge on any atom is 0.325 e. The molecule has 1 unspecified atom stereocenters. The Labute approximate surface area is 70.0 Å². The molecule has 2 N–H and O–H groups in total. The lowest BCUT2D eigenvalue weighted by Crippen LogP contribution is -2.24. The van der Waals surface area contributed by atoms with Crippen LogP contribution in [-0.4, -0.2) is 27.9 Å². The van der Waals surface area contributed by atoms with E-state index in [1.54, 1.807) is 25.0 Å². The molecule has 12 heavy (non-hydrogen) atoms. The maximum absolute atomic E-state index is 10.6. The van der Waals surface area contributed by atoms with E-state index in [-0.39, 0.29) is 0 Å². The van der Waals surface area contributed by atoms with Crippen LogP contribution in [-0.2, 0) is 11.8 Å². The van der Waals surface area contributed by atoms with E-state index < -0.39 is 12.0 Å². The summed E-state index contributed by atoms with van der Waals surface area (Å²) in [7, 11) is 3.35. The highest BCUT2D eigenvalue weighted by molar-refractivity contribution is 5.75. The molecule has 5 heteroatoms. The second kappa shape index (κ2) is 3.36. The zero-order valence-corrected chi connectivity index (χ0v) is 6.98. The largest absolute Gasteiger partial charge is 0.480 e. The topological polar surface area (TPSA) is 67.2 Å². The molecule has 0 amide bonds. The van der Waals surface area contributed by atoms with E-state index in [1.807, 2.05) is 0 Å². The van der Waals surface area contributed by atoms with Crippen LogP contribution in [0.5, 0.6) is 0 Å². The summed E-state index contributed by atoms with van der Waals surface area (Å²) >= 11 is 0. The van der Waals surface area contributed by atoms with Gasteiger partial charge in [-0.25, -0.2) is 0 Å². The molecule has 66 valence electrons. The fourth-order valence-corrected chi connectivity index (χ4v) is 1.02. The fourth-order valence-electron chi connectivity index (χ4n) is 1.02. The van der Waals surface area contributed by atoms with Crippen molar-refractivity contribution in [3.8, 4) is 0 Å². The van der Waals surface area contributed by atoms with Crippen LogP contribution in [0.4, 0.5) is 0 Å². The molecule has 0 bridgehead atoms. The van der Waals surface area contributed by atoms with E-state index in [2.05, 4.69) is 10.4 Å². The molecule has 1 aromatic heterocycles. The number of hydrogen-bond acceptors (Lipinski definition) is 3. The molecule has 0 radical (unpaired) electrons. The van der Waals surface area contributed by atoms with E-state index in [1.165, 1.54) is 6.20 Å². The average molecular weight is 169 g/mol. The molecule has 0 aliphatic rings. The first-order valence-electron chi connectivity index (χ1n) is 3.53. The SMILES string of the molecule is CNC(C(=O)O)c1cnn(C)c1. The van der Waals surface area contributed by atoms with Gasteiger partial charge in [0.15, 0.2) is 0 Å². The zero-order valence-electron chi connectivity index (χ0n) is 6.98. The third-order valence-corrected chi connectivity index (χ3v) is 1.59. The molecule has 0 fully saturated rings. The van der Waals surface area contributed by atoms with Gasteiger partial charge in [-0.1, -0.05) is 0 Å². The summed E-state index contributed by atoms with van der Waals surface area (Å²) in [4.78, 5) is 10.6. The second-order valence-corrected chi connectivity index (χ2v) is 2.51. The normalized spacial score (nSPS) is 12.8. The first-order valence-corrected chi connectivity index (χ1v) is 3.53. The third kappa shape index (κ3) is 1.62. The number of carboxylic acids is 1. The van der Waals surface area contributed by atoms with Gasteiger partial charge in [0.25, 0.3) is 0 Å². The van der Waals surface area contributed by atoms with Gasteiger partial charge < -0.3 is 10.4 Å². The number of aryl methyl sites for hydroxylation is 1. The highest BCUT2D eigenvalue weighted by Gasteiger charge is 2.18. The summed E-state index contributed by atoms with van der Waals surface area (Å²) in [6, 6.07) is -0.668. The standard InChI is InChI=1S/C7H11N3O2/c1-8-6(7(11)12)5-3-9-10(2)4-5/h3-4,6,8H,1-2H3,(H,11,12). The van der Waals surface area contributed by atoms with Gasteiger partial charge in [0, 0.05) is 18.8 Å². The molecule has 1 heterocycles. The third-order valence-electron chi connectivity index (χ3n) is 1.59. The quantitative estimate of drug-likeness (QED) is 0.655. The monoisotopic (exact) mass is 169 g/mol. The van der Waals surface area contributed by atoms with Crippen LogP contribution in [0.25, 0.3) is 0 Å². The predicted molar refractivity (Wildman–Crippen MR) is 42.6 cm³/mol. The number of carbonyl (C=O) groups is 1. The Hall–Kier alpha value is -1.36. The zero-order chi connectivity index (χ0) is 9.14. The molecular weight excluding hydrogens is 158 g/mol. The van der Waals surface area contributed by atoms with Crippen molar-refractivity contribution in [2.24, 2.45) is 7.05 Å². The first kappa shape index (κ1) is 8.73. The van der Waals surface area contributed by atoms with E-state index in [0.29, 0.717) is 5.56 Å². The smallest absolute Gasteiger partial charge is 0.325 e. The molecule has 0 saturated heterocycles. The van der Waals surface area contributed by atoms with Gasteiger partial charge in [-0.15, -0.1) is 0 Å². The lowest BCUT2D eigenvalue weighted by atomic mass is 10.2. The highest BCUT2D eigenvalue weighted by Crippen LogP contribution is 2.10. The Bertz CT molecular complexity index is 282.